The van der Waals surface area contributed by atoms with Crippen molar-refractivity contribution in [2.45, 2.75) is 0 Å². The summed E-state index contributed by atoms with van der Waals surface area (Å²) in [5, 5.41) is 3.63. The molecule has 0 aliphatic carbocycles. The molecule has 69 heavy (non-hydrogen) atoms. The van der Waals surface area contributed by atoms with Gasteiger partial charge in [0.1, 0.15) is 0 Å². The second-order valence-electron chi connectivity index (χ2n) is 17.3. The average molecular weight is 882 g/mol. The fourth-order valence-corrected chi connectivity index (χ4v) is 9.93. The van der Waals surface area contributed by atoms with Gasteiger partial charge in [0, 0.05) is 50.5 Å². The number of fused-ring (bicyclic) bond motifs is 2. The molecule has 0 N–H and O–H groups in total. The van der Waals surface area contributed by atoms with Crippen LogP contribution in [0.5, 0.6) is 0 Å². The molecule has 0 spiro atoms. The molecule has 0 radical (unpaired) electrons. The Balaban J connectivity index is 0.978. The first-order valence-corrected chi connectivity index (χ1v) is 23.6. The fourth-order valence-electron chi connectivity index (χ4n) is 9.93. The molecule has 0 aliphatic heterocycles. The van der Waals surface area contributed by atoms with E-state index in [1.807, 2.05) is 0 Å². The van der Waals surface area contributed by atoms with Crippen molar-refractivity contribution in [3.63, 3.8) is 0 Å². The number of para-hydroxylation sites is 2. The maximum Gasteiger partial charge on any atom is 0.0619 e. The molecule has 1 aromatic heterocycles. The third-order valence-electron chi connectivity index (χ3n) is 13.2. The Bertz CT molecular complexity index is 3620. The number of hydrogen-bond donors (Lipinski definition) is 0. The van der Waals surface area contributed by atoms with Crippen LogP contribution in [0.15, 0.2) is 285 Å². The van der Waals surface area contributed by atoms with Crippen LogP contribution in [-0.2, 0) is 0 Å². The van der Waals surface area contributed by atoms with Crippen LogP contribution in [0, 0.1) is 0 Å². The zero-order chi connectivity index (χ0) is 45.9. The van der Waals surface area contributed by atoms with E-state index in [0.29, 0.717) is 0 Å². The zero-order valence-electron chi connectivity index (χ0n) is 38.0. The van der Waals surface area contributed by atoms with Crippen molar-refractivity contribution in [2.75, 3.05) is 9.80 Å². The predicted octanol–water partition coefficient (Wildman–Crippen LogP) is 18.4. The highest BCUT2D eigenvalue weighted by Gasteiger charge is 2.23. The van der Waals surface area contributed by atoms with Crippen LogP contribution >= 0.6 is 0 Å². The van der Waals surface area contributed by atoms with Crippen LogP contribution in [0.25, 0.3) is 72.0 Å². The Morgan fingerprint density at radius 3 is 1.16 bits per heavy atom. The molecule has 3 nitrogen and oxygen atoms in total. The van der Waals surface area contributed by atoms with Gasteiger partial charge in [0.25, 0.3) is 0 Å². The fraction of sp³-hybridized carbons (Fsp3) is 0. The zero-order valence-corrected chi connectivity index (χ0v) is 38.0. The van der Waals surface area contributed by atoms with E-state index in [9.17, 15) is 0 Å². The summed E-state index contributed by atoms with van der Waals surface area (Å²) in [7, 11) is 0. The summed E-state index contributed by atoms with van der Waals surface area (Å²) >= 11 is 0. The van der Waals surface area contributed by atoms with E-state index in [0.717, 1.165) is 56.5 Å². The van der Waals surface area contributed by atoms with Gasteiger partial charge in [-0.25, -0.2) is 0 Å². The molecule has 0 unspecified atom stereocenters. The van der Waals surface area contributed by atoms with Gasteiger partial charge in [-0.05, 0) is 130 Å². The van der Waals surface area contributed by atoms with Crippen LogP contribution in [0.3, 0.4) is 0 Å². The van der Waals surface area contributed by atoms with Gasteiger partial charge in [0.05, 0.1) is 16.9 Å². The first kappa shape index (κ1) is 41.3. The molecular weight excluding hydrogens is 835 g/mol. The molecule has 326 valence electrons. The minimum absolute atomic E-state index is 1.07. The van der Waals surface area contributed by atoms with E-state index in [-0.39, 0.29) is 0 Å². The molecule has 12 rings (SSSR count). The minimum atomic E-state index is 1.07. The molecule has 12 aromatic rings. The maximum absolute atomic E-state index is 2.48. The first-order chi connectivity index (χ1) is 34.2. The van der Waals surface area contributed by atoms with Crippen molar-refractivity contribution in [1.82, 2.24) is 4.57 Å². The smallest absolute Gasteiger partial charge is 0.0619 e. The molecule has 3 heteroatoms. The lowest BCUT2D eigenvalue weighted by Gasteiger charge is -2.28. The Kier molecular flexibility index (Phi) is 10.9. The molecule has 1 heterocycles. The average Bonchev–Trinajstić information content (AvgIpc) is 3.77. The van der Waals surface area contributed by atoms with E-state index < -0.39 is 0 Å². The van der Waals surface area contributed by atoms with Gasteiger partial charge in [-0.1, -0.05) is 194 Å². The largest absolute Gasteiger partial charge is 0.311 e. The summed E-state index contributed by atoms with van der Waals surface area (Å²) in [4.78, 5) is 4.65. The monoisotopic (exact) mass is 881 g/mol. The summed E-state index contributed by atoms with van der Waals surface area (Å²) in [6.45, 7) is 0. The SMILES string of the molecule is c1ccc(-c2ccc(N(c3ccc(-c4ccc5c(c4)c(-c4ccccc4)c(-c4ccccc4)n5-c4cccc5ccccc45)cc3)c3ccc(N(c4ccccc4)c4ccccc4)cc3)cc2)cc1. The van der Waals surface area contributed by atoms with Gasteiger partial charge >= 0.3 is 0 Å². The summed E-state index contributed by atoms with van der Waals surface area (Å²) < 4.78 is 2.48. The van der Waals surface area contributed by atoms with Crippen molar-refractivity contribution in [2.24, 2.45) is 0 Å². The summed E-state index contributed by atoms with van der Waals surface area (Å²) in [5.74, 6) is 0. The molecule has 0 bridgehead atoms. The van der Waals surface area contributed by atoms with E-state index >= 15 is 0 Å². The van der Waals surface area contributed by atoms with Crippen LogP contribution in [-0.4, -0.2) is 4.57 Å². The van der Waals surface area contributed by atoms with E-state index in [1.54, 1.807) is 0 Å². The summed E-state index contributed by atoms with van der Waals surface area (Å²) in [5.41, 5.74) is 18.3. The normalized spacial score (nSPS) is 11.2. The second-order valence-corrected chi connectivity index (χ2v) is 17.3. The number of aromatic nitrogens is 1. The lowest BCUT2D eigenvalue weighted by Crippen LogP contribution is -2.12. The lowest BCUT2D eigenvalue weighted by molar-refractivity contribution is 1.15. The molecule has 0 atom stereocenters. The summed E-state index contributed by atoms with van der Waals surface area (Å²) in [6, 6.07) is 103. The Morgan fingerprint density at radius 2 is 0.623 bits per heavy atom. The maximum atomic E-state index is 2.48. The number of anilines is 6. The van der Waals surface area contributed by atoms with Crippen LogP contribution in [0.1, 0.15) is 0 Å². The first-order valence-electron chi connectivity index (χ1n) is 23.6. The lowest BCUT2D eigenvalue weighted by atomic mass is 9.96. The highest BCUT2D eigenvalue weighted by Crippen LogP contribution is 2.46. The van der Waals surface area contributed by atoms with Crippen LogP contribution < -0.4 is 9.80 Å². The quantitative estimate of drug-likeness (QED) is 0.128. The highest BCUT2D eigenvalue weighted by atomic mass is 15.2. The van der Waals surface area contributed by atoms with Gasteiger partial charge in [-0.15, -0.1) is 0 Å². The third kappa shape index (κ3) is 7.92. The van der Waals surface area contributed by atoms with Crippen molar-refractivity contribution in [3.8, 4) is 50.3 Å². The van der Waals surface area contributed by atoms with Gasteiger partial charge in [0.2, 0.25) is 0 Å². The van der Waals surface area contributed by atoms with Gasteiger partial charge in [-0.3, -0.25) is 0 Å². The molecule has 0 saturated heterocycles. The van der Waals surface area contributed by atoms with Crippen LogP contribution in [0.4, 0.5) is 34.1 Å². The Labute approximate surface area is 403 Å². The van der Waals surface area contributed by atoms with Gasteiger partial charge in [-0.2, -0.15) is 0 Å². The molecular formula is C66H47N3. The summed E-state index contributed by atoms with van der Waals surface area (Å²) in [6.07, 6.45) is 0. The van der Waals surface area contributed by atoms with E-state index in [2.05, 4.69) is 299 Å². The number of benzene rings is 11. The van der Waals surface area contributed by atoms with Crippen molar-refractivity contribution < 1.29 is 0 Å². The Morgan fingerprint density at radius 1 is 0.246 bits per heavy atom. The third-order valence-corrected chi connectivity index (χ3v) is 13.2. The number of rotatable bonds is 11. The number of nitrogens with zero attached hydrogens (tertiary/aromatic N) is 3. The van der Waals surface area contributed by atoms with Crippen LogP contribution in [0.2, 0.25) is 0 Å². The predicted molar refractivity (Wildman–Crippen MR) is 292 cm³/mol. The standard InChI is InChI=1S/C66H47N3/c1-6-19-48(20-7-1)49-33-38-57(39-34-49)68(60-44-42-59(43-45-60)67(55-27-12-4-13-28-55)56-29-14-5-15-30-56)58-40-35-50(36-41-58)54-37-46-64-62(47-54)65(52-22-8-2-9-23-52)66(53-24-10-3-11-25-53)69(64)63-32-18-26-51-21-16-17-31-61(51)63/h1-47H. The Hall–Kier alpha value is -9.18. The van der Waals surface area contributed by atoms with E-state index in [4.69, 9.17) is 0 Å². The highest BCUT2D eigenvalue weighted by molar-refractivity contribution is 6.08. The van der Waals surface area contributed by atoms with Crippen molar-refractivity contribution in [3.05, 3.63) is 285 Å². The van der Waals surface area contributed by atoms with Crippen molar-refractivity contribution >= 4 is 55.8 Å². The molecule has 0 amide bonds. The van der Waals surface area contributed by atoms with Gasteiger partial charge in [0.15, 0.2) is 0 Å². The second kappa shape index (κ2) is 18.2. The molecule has 11 aromatic carbocycles. The topological polar surface area (TPSA) is 11.4 Å². The molecule has 0 saturated carbocycles. The van der Waals surface area contributed by atoms with E-state index in [1.165, 1.54) is 49.7 Å². The molecule has 0 fully saturated rings. The minimum Gasteiger partial charge on any atom is -0.311 e. The number of hydrogen-bond acceptors (Lipinski definition) is 2. The van der Waals surface area contributed by atoms with Gasteiger partial charge < -0.3 is 14.4 Å². The molecule has 0 aliphatic rings. The van der Waals surface area contributed by atoms with Crippen molar-refractivity contribution in [1.29, 1.82) is 0 Å².